The summed E-state index contributed by atoms with van der Waals surface area (Å²) < 4.78 is 12.9. The average Bonchev–Trinajstić information content (AvgIpc) is 2.77. The SMILES string of the molecule is CCCC1CCN(C(=O)c2cccc(F)n2)C1. The molecule has 0 aromatic carbocycles. The van der Waals surface area contributed by atoms with Gasteiger partial charge in [0.1, 0.15) is 5.69 Å². The summed E-state index contributed by atoms with van der Waals surface area (Å²) in [6.07, 6.45) is 3.35. The van der Waals surface area contributed by atoms with E-state index in [0.717, 1.165) is 32.4 Å². The van der Waals surface area contributed by atoms with Crippen LogP contribution in [0.25, 0.3) is 0 Å². The van der Waals surface area contributed by atoms with Gasteiger partial charge in [0.25, 0.3) is 5.91 Å². The molecule has 0 bridgehead atoms. The van der Waals surface area contributed by atoms with Crippen LogP contribution in [-0.4, -0.2) is 28.9 Å². The Labute approximate surface area is 101 Å². The van der Waals surface area contributed by atoms with Crippen LogP contribution in [0.5, 0.6) is 0 Å². The highest BCUT2D eigenvalue weighted by molar-refractivity contribution is 5.92. The lowest BCUT2D eigenvalue weighted by Gasteiger charge is -2.15. The van der Waals surface area contributed by atoms with Crippen molar-refractivity contribution in [3.63, 3.8) is 0 Å². The van der Waals surface area contributed by atoms with E-state index in [2.05, 4.69) is 11.9 Å². The van der Waals surface area contributed by atoms with Crippen molar-refractivity contribution in [1.29, 1.82) is 0 Å². The van der Waals surface area contributed by atoms with Crippen LogP contribution in [-0.2, 0) is 0 Å². The van der Waals surface area contributed by atoms with Crippen LogP contribution in [0.3, 0.4) is 0 Å². The molecular weight excluding hydrogens is 219 g/mol. The monoisotopic (exact) mass is 236 g/mol. The fraction of sp³-hybridized carbons (Fsp3) is 0.538. The van der Waals surface area contributed by atoms with Crippen molar-refractivity contribution in [1.82, 2.24) is 9.88 Å². The molecule has 1 aromatic rings. The van der Waals surface area contributed by atoms with Gasteiger partial charge in [-0.15, -0.1) is 0 Å². The number of likely N-dealkylation sites (tertiary alicyclic amines) is 1. The highest BCUT2D eigenvalue weighted by Gasteiger charge is 2.26. The van der Waals surface area contributed by atoms with Crippen molar-refractivity contribution >= 4 is 5.91 Å². The van der Waals surface area contributed by atoms with Gasteiger partial charge in [0, 0.05) is 13.1 Å². The lowest BCUT2D eigenvalue weighted by molar-refractivity contribution is 0.0779. The predicted octanol–water partition coefficient (Wildman–Crippen LogP) is 2.48. The van der Waals surface area contributed by atoms with Crippen LogP contribution in [0.4, 0.5) is 4.39 Å². The lowest BCUT2D eigenvalue weighted by Crippen LogP contribution is -2.29. The Morgan fingerprint density at radius 3 is 3.12 bits per heavy atom. The van der Waals surface area contributed by atoms with Crippen LogP contribution < -0.4 is 0 Å². The molecule has 2 rings (SSSR count). The van der Waals surface area contributed by atoms with Gasteiger partial charge in [0.15, 0.2) is 0 Å². The van der Waals surface area contributed by atoms with Gasteiger partial charge in [-0.05, 0) is 30.9 Å². The van der Waals surface area contributed by atoms with Crippen LogP contribution in [0.1, 0.15) is 36.7 Å². The lowest BCUT2D eigenvalue weighted by atomic mass is 10.0. The molecule has 17 heavy (non-hydrogen) atoms. The molecule has 92 valence electrons. The largest absolute Gasteiger partial charge is 0.337 e. The molecule has 0 spiro atoms. The molecule has 1 aliphatic heterocycles. The fourth-order valence-electron chi connectivity index (χ4n) is 2.35. The molecule has 1 amide bonds. The summed E-state index contributed by atoms with van der Waals surface area (Å²) in [6, 6.07) is 4.34. The smallest absolute Gasteiger partial charge is 0.272 e. The second-order valence-corrected chi connectivity index (χ2v) is 4.54. The number of pyridine rings is 1. The molecule has 4 heteroatoms. The number of rotatable bonds is 3. The maximum absolute atomic E-state index is 12.9. The second-order valence-electron chi connectivity index (χ2n) is 4.54. The second kappa shape index (κ2) is 5.25. The molecule has 1 aromatic heterocycles. The summed E-state index contributed by atoms with van der Waals surface area (Å²) in [4.78, 5) is 17.5. The number of halogens is 1. The first-order valence-corrected chi connectivity index (χ1v) is 6.12. The van der Waals surface area contributed by atoms with Gasteiger partial charge >= 0.3 is 0 Å². The highest BCUT2D eigenvalue weighted by atomic mass is 19.1. The molecule has 1 unspecified atom stereocenters. The molecule has 0 radical (unpaired) electrons. The molecule has 1 atom stereocenters. The molecule has 0 saturated carbocycles. The van der Waals surface area contributed by atoms with E-state index in [1.807, 2.05) is 0 Å². The third-order valence-corrected chi connectivity index (χ3v) is 3.20. The van der Waals surface area contributed by atoms with E-state index in [1.165, 1.54) is 12.1 Å². The molecule has 0 N–H and O–H groups in total. The van der Waals surface area contributed by atoms with Crippen molar-refractivity contribution < 1.29 is 9.18 Å². The number of hydrogen-bond acceptors (Lipinski definition) is 2. The zero-order chi connectivity index (χ0) is 12.3. The normalized spacial score (nSPS) is 19.6. The minimum absolute atomic E-state index is 0.150. The maximum atomic E-state index is 12.9. The maximum Gasteiger partial charge on any atom is 0.272 e. The Bertz CT molecular complexity index is 408. The van der Waals surface area contributed by atoms with Gasteiger partial charge in [0.05, 0.1) is 0 Å². The van der Waals surface area contributed by atoms with Crippen molar-refractivity contribution in [2.24, 2.45) is 5.92 Å². The number of carbonyl (C=O) groups excluding carboxylic acids is 1. The van der Waals surface area contributed by atoms with Crippen molar-refractivity contribution in [2.45, 2.75) is 26.2 Å². The molecule has 3 nitrogen and oxygen atoms in total. The zero-order valence-electron chi connectivity index (χ0n) is 10.0. The summed E-state index contributed by atoms with van der Waals surface area (Å²) in [6.45, 7) is 3.70. The van der Waals surface area contributed by atoms with Gasteiger partial charge in [-0.2, -0.15) is 4.39 Å². The summed E-state index contributed by atoms with van der Waals surface area (Å²) >= 11 is 0. The Balaban J connectivity index is 2.02. The van der Waals surface area contributed by atoms with Crippen LogP contribution in [0, 0.1) is 11.9 Å². The first kappa shape index (κ1) is 12.0. The topological polar surface area (TPSA) is 33.2 Å². The molecular formula is C13H17FN2O. The number of aromatic nitrogens is 1. The average molecular weight is 236 g/mol. The summed E-state index contributed by atoms with van der Waals surface area (Å²) in [5.41, 5.74) is 0.210. The first-order valence-electron chi connectivity index (χ1n) is 6.12. The van der Waals surface area contributed by atoms with Crippen LogP contribution >= 0.6 is 0 Å². The van der Waals surface area contributed by atoms with Gasteiger partial charge in [0.2, 0.25) is 5.95 Å². The van der Waals surface area contributed by atoms with E-state index in [9.17, 15) is 9.18 Å². The first-order chi connectivity index (χ1) is 8.20. The Morgan fingerprint density at radius 1 is 1.59 bits per heavy atom. The third-order valence-electron chi connectivity index (χ3n) is 3.20. The quantitative estimate of drug-likeness (QED) is 0.755. The molecule has 1 aliphatic rings. The van der Waals surface area contributed by atoms with Crippen molar-refractivity contribution in [3.05, 3.63) is 29.8 Å². The Morgan fingerprint density at radius 2 is 2.41 bits per heavy atom. The van der Waals surface area contributed by atoms with E-state index < -0.39 is 5.95 Å². The number of carbonyl (C=O) groups is 1. The minimum atomic E-state index is -0.597. The van der Waals surface area contributed by atoms with E-state index in [1.54, 1.807) is 11.0 Å². The van der Waals surface area contributed by atoms with Gasteiger partial charge < -0.3 is 4.90 Å². The third kappa shape index (κ3) is 2.81. The summed E-state index contributed by atoms with van der Waals surface area (Å²) in [5, 5.41) is 0. The highest BCUT2D eigenvalue weighted by Crippen LogP contribution is 2.22. The molecule has 1 fully saturated rings. The fourth-order valence-corrected chi connectivity index (χ4v) is 2.35. The number of hydrogen-bond donors (Lipinski definition) is 0. The number of nitrogens with zero attached hydrogens (tertiary/aromatic N) is 2. The standard InChI is InChI=1S/C13H17FN2O/c1-2-4-10-7-8-16(9-10)13(17)11-5-3-6-12(14)15-11/h3,5-6,10H,2,4,7-9H2,1H3. The molecule has 1 saturated heterocycles. The van der Waals surface area contributed by atoms with Crippen LogP contribution in [0.15, 0.2) is 18.2 Å². The van der Waals surface area contributed by atoms with E-state index >= 15 is 0 Å². The van der Waals surface area contributed by atoms with E-state index in [4.69, 9.17) is 0 Å². The minimum Gasteiger partial charge on any atom is -0.337 e. The van der Waals surface area contributed by atoms with Crippen molar-refractivity contribution in [2.75, 3.05) is 13.1 Å². The Kier molecular flexibility index (Phi) is 3.71. The van der Waals surface area contributed by atoms with Crippen molar-refractivity contribution in [3.8, 4) is 0 Å². The summed E-state index contributed by atoms with van der Waals surface area (Å²) in [5.74, 6) is -0.152. The van der Waals surface area contributed by atoms with Gasteiger partial charge in [-0.3, -0.25) is 4.79 Å². The number of amides is 1. The zero-order valence-corrected chi connectivity index (χ0v) is 10.0. The molecule has 2 heterocycles. The predicted molar refractivity (Wildman–Crippen MR) is 63.1 cm³/mol. The van der Waals surface area contributed by atoms with Gasteiger partial charge in [-0.25, -0.2) is 4.98 Å². The molecule has 0 aliphatic carbocycles. The van der Waals surface area contributed by atoms with Crippen LogP contribution in [0.2, 0.25) is 0 Å². The Hall–Kier alpha value is -1.45. The van der Waals surface area contributed by atoms with E-state index in [-0.39, 0.29) is 11.6 Å². The van der Waals surface area contributed by atoms with Gasteiger partial charge in [-0.1, -0.05) is 19.4 Å². The summed E-state index contributed by atoms with van der Waals surface area (Å²) in [7, 11) is 0. The van der Waals surface area contributed by atoms with E-state index in [0.29, 0.717) is 5.92 Å².